The Labute approximate surface area is 263 Å². The Hall–Kier alpha value is -3.18. The van der Waals surface area contributed by atoms with Gasteiger partial charge in [-0.2, -0.15) is 5.10 Å². The van der Waals surface area contributed by atoms with Gasteiger partial charge in [-0.25, -0.2) is 14.5 Å². The van der Waals surface area contributed by atoms with E-state index >= 15 is 0 Å². The molecule has 1 saturated carbocycles. The van der Waals surface area contributed by atoms with Crippen LogP contribution in [0.1, 0.15) is 67.2 Å². The maximum Gasteiger partial charge on any atom is 0.410 e. The fourth-order valence-corrected chi connectivity index (χ4v) is 6.71. The lowest BCUT2D eigenvalue weighted by Gasteiger charge is -2.45. The fraction of sp³-hybridized carbons (Fsp3) is 0.636. The van der Waals surface area contributed by atoms with Crippen LogP contribution < -0.4 is 5.32 Å². The monoisotopic (exact) mass is 624 g/mol. The summed E-state index contributed by atoms with van der Waals surface area (Å²) in [5.41, 5.74) is 0.838. The SMILES string of the molecule is CCN(C(=O)OC(C)(C)C)C(C)C1(C)CCC(C(=O)Nc2ccnc3c2cc(-n2cccn2)n3COCC[Si](C)(C)C)CC1. The number of nitrogens with one attached hydrogen (secondary N) is 1. The Bertz CT molecular complexity index is 1410. The Balaban J connectivity index is 1.47. The molecule has 0 radical (unpaired) electrons. The average molecular weight is 625 g/mol. The van der Waals surface area contributed by atoms with Crippen molar-refractivity contribution in [3.8, 4) is 5.82 Å². The number of rotatable bonds is 11. The molecule has 0 spiro atoms. The zero-order valence-corrected chi connectivity index (χ0v) is 29.1. The minimum atomic E-state index is -1.22. The summed E-state index contributed by atoms with van der Waals surface area (Å²) >= 11 is 0. The van der Waals surface area contributed by atoms with Crippen LogP contribution in [-0.4, -0.2) is 69.1 Å². The number of aromatic nitrogens is 4. The van der Waals surface area contributed by atoms with Gasteiger partial charge in [0.05, 0.1) is 5.69 Å². The van der Waals surface area contributed by atoms with E-state index < -0.39 is 13.7 Å². The van der Waals surface area contributed by atoms with Gasteiger partial charge in [-0.05, 0) is 90.0 Å². The Morgan fingerprint density at radius 3 is 2.50 bits per heavy atom. The molecule has 1 N–H and O–H groups in total. The van der Waals surface area contributed by atoms with Crippen molar-refractivity contribution in [1.29, 1.82) is 0 Å². The lowest BCUT2D eigenvalue weighted by atomic mass is 9.67. The molecule has 1 aliphatic carbocycles. The number of hydrogen-bond acceptors (Lipinski definition) is 6. The molecule has 0 saturated heterocycles. The van der Waals surface area contributed by atoms with Gasteiger partial charge < -0.3 is 19.7 Å². The van der Waals surface area contributed by atoms with Crippen LogP contribution in [0.4, 0.5) is 10.5 Å². The molecule has 0 aromatic carbocycles. The minimum absolute atomic E-state index is 0.000346. The van der Waals surface area contributed by atoms with Crippen LogP contribution in [0.25, 0.3) is 16.9 Å². The van der Waals surface area contributed by atoms with Crippen molar-refractivity contribution >= 4 is 36.8 Å². The predicted molar refractivity (Wildman–Crippen MR) is 178 cm³/mol. The van der Waals surface area contributed by atoms with Crippen molar-refractivity contribution in [2.24, 2.45) is 11.3 Å². The summed E-state index contributed by atoms with van der Waals surface area (Å²) < 4.78 is 15.6. The van der Waals surface area contributed by atoms with Crippen LogP contribution in [0, 0.1) is 11.3 Å². The van der Waals surface area contributed by atoms with Gasteiger partial charge in [0.2, 0.25) is 5.91 Å². The van der Waals surface area contributed by atoms with Crippen molar-refractivity contribution < 1.29 is 19.1 Å². The van der Waals surface area contributed by atoms with Gasteiger partial charge in [0.1, 0.15) is 23.8 Å². The molecule has 44 heavy (non-hydrogen) atoms. The van der Waals surface area contributed by atoms with E-state index in [4.69, 9.17) is 9.47 Å². The number of ether oxygens (including phenoxy) is 2. The van der Waals surface area contributed by atoms with E-state index in [1.165, 1.54) is 0 Å². The van der Waals surface area contributed by atoms with Crippen LogP contribution in [0.3, 0.4) is 0 Å². The number of carbonyl (C=O) groups is 2. The minimum Gasteiger partial charge on any atom is -0.444 e. The zero-order chi connectivity index (χ0) is 32.3. The van der Waals surface area contributed by atoms with E-state index in [1.807, 2.05) is 61.6 Å². The van der Waals surface area contributed by atoms with Crippen LogP contribution in [0.2, 0.25) is 25.7 Å². The molecule has 3 aromatic heterocycles. The first-order chi connectivity index (χ1) is 20.6. The van der Waals surface area contributed by atoms with Gasteiger partial charge in [-0.3, -0.25) is 9.36 Å². The van der Waals surface area contributed by atoms with Gasteiger partial charge >= 0.3 is 6.09 Å². The van der Waals surface area contributed by atoms with Crippen LogP contribution in [-0.2, 0) is 21.0 Å². The Kier molecular flexibility index (Phi) is 10.3. The van der Waals surface area contributed by atoms with Gasteiger partial charge in [-0.1, -0.05) is 26.6 Å². The summed E-state index contributed by atoms with van der Waals surface area (Å²) in [5.74, 6) is 0.749. The number of fused-ring (bicyclic) bond motifs is 1. The van der Waals surface area contributed by atoms with E-state index in [-0.39, 0.29) is 29.4 Å². The maximum absolute atomic E-state index is 13.6. The van der Waals surface area contributed by atoms with E-state index in [0.717, 1.165) is 54.3 Å². The highest BCUT2D eigenvalue weighted by molar-refractivity contribution is 6.76. The predicted octanol–water partition coefficient (Wildman–Crippen LogP) is 7.31. The highest BCUT2D eigenvalue weighted by atomic mass is 28.3. The number of pyridine rings is 1. The first-order valence-corrected chi connectivity index (χ1v) is 19.7. The lowest BCUT2D eigenvalue weighted by molar-refractivity contribution is -0.122. The number of amides is 2. The largest absolute Gasteiger partial charge is 0.444 e. The summed E-state index contributed by atoms with van der Waals surface area (Å²) in [6.07, 6.45) is 8.33. The third-order valence-electron chi connectivity index (χ3n) is 8.93. The molecule has 10 nitrogen and oxygen atoms in total. The smallest absolute Gasteiger partial charge is 0.410 e. The standard InChI is InChI=1S/C33H52N6O4Si/c1-10-37(31(41)43-32(3,4)5)24(2)33(6)15-12-25(13-16-33)30(40)36-27-14-18-34-29-26(27)22-28(39-19-11-17-35-39)38(29)23-42-20-21-44(7,8)9/h11,14,17-19,22,24-25H,10,12-13,15-16,20-21,23H2,1-9H3,(H,34,36,40). The third-order valence-corrected chi connectivity index (χ3v) is 10.6. The number of carbonyl (C=O) groups excluding carboxylic acids is 2. The van der Waals surface area contributed by atoms with E-state index in [1.54, 1.807) is 17.1 Å². The van der Waals surface area contributed by atoms with Crippen LogP contribution in [0.15, 0.2) is 36.8 Å². The van der Waals surface area contributed by atoms with Crippen molar-refractivity contribution in [3.63, 3.8) is 0 Å². The fourth-order valence-electron chi connectivity index (χ4n) is 5.95. The van der Waals surface area contributed by atoms with Gasteiger partial charge in [0.15, 0.2) is 0 Å². The molecule has 1 fully saturated rings. The number of hydrogen-bond donors (Lipinski definition) is 1. The molecule has 1 unspecified atom stereocenters. The summed E-state index contributed by atoms with van der Waals surface area (Å²) in [6.45, 7) is 20.6. The van der Waals surface area contributed by atoms with Gasteiger partial charge in [0, 0.05) is 57.2 Å². The first kappa shape index (κ1) is 33.7. The summed E-state index contributed by atoms with van der Waals surface area (Å²) in [4.78, 5) is 33.1. The lowest BCUT2D eigenvalue weighted by Crippen LogP contribution is -2.50. The molecule has 1 aliphatic rings. The van der Waals surface area contributed by atoms with E-state index in [2.05, 4.69) is 48.9 Å². The van der Waals surface area contributed by atoms with Crippen molar-refractivity contribution in [3.05, 3.63) is 36.8 Å². The number of anilines is 1. The summed E-state index contributed by atoms with van der Waals surface area (Å²) in [6, 6.07) is 6.84. The molecule has 3 heterocycles. The molecule has 0 aliphatic heterocycles. The molecule has 1 atom stereocenters. The quantitative estimate of drug-likeness (QED) is 0.177. The second kappa shape index (κ2) is 13.4. The molecule has 2 amide bonds. The summed E-state index contributed by atoms with van der Waals surface area (Å²) in [7, 11) is -1.22. The molecular weight excluding hydrogens is 572 g/mol. The zero-order valence-electron chi connectivity index (χ0n) is 28.1. The highest BCUT2D eigenvalue weighted by Gasteiger charge is 2.42. The molecule has 3 aromatic rings. The van der Waals surface area contributed by atoms with E-state index in [0.29, 0.717) is 19.9 Å². The van der Waals surface area contributed by atoms with Crippen LogP contribution in [0.5, 0.6) is 0 Å². The molecule has 4 rings (SSSR count). The van der Waals surface area contributed by atoms with E-state index in [9.17, 15) is 9.59 Å². The second-order valence-corrected chi connectivity index (χ2v) is 20.3. The molecule has 0 bridgehead atoms. The topological polar surface area (TPSA) is 104 Å². The first-order valence-electron chi connectivity index (χ1n) is 16.0. The van der Waals surface area contributed by atoms with Crippen molar-refractivity contribution in [1.82, 2.24) is 24.2 Å². The highest BCUT2D eigenvalue weighted by Crippen LogP contribution is 2.43. The third kappa shape index (κ3) is 8.09. The normalized spacial score (nSPS) is 20.0. The van der Waals surface area contributed by atoms with Gasteiger partial charge in [0.25, 0.3) is 0 Å². The Morgan fingerprint density at radius 1 is 1.20 bits per heavy atom. The average Bonchev–Trinajstić information content (AvgIpc) is 3.59. The van der Waals surface area contributed by atoms with Gasteiger partial charge in [-0.15, -0.1) is 0 Å². The van der Waals surface area contributed by atoms with Crippen molar-refractivity contribution in [2.45, 2.75) is 111 Å². The summed E-state index contributed by atoms with van der Waals surface area (Å²) in [5, 5.41) is 8.52. The van der Waals surface area contributed by atoms with Crippen LogP contribution >= 0.6 is 0 Å². The second-order valence-electron chi connectivity index (χ2n) is 14.7. The van der Waals surface area contributed by atoms with Crippen molar-refractivity contribution in [2.75, 3.05) is 18.5 Å². The molecule has 11 heteroatoms. The Morgan fingerprint density at radius 2 is 1.91 bits per heavy atom. The molecular formula is C33H52N6O4Si. The maximum atomic E-state index is 13.6. The number of nitrogens with zero attached hydrogens (tertiary/aromatic N) is 5. The molecule has 242 valence electrons.